The third-order valence-electron chi connectivity index (χ3n) is 5.56. The molecule has 5 nitrogen and oxygen atoms in total. The zero-order chi connectivity index (χ0) is 18.1. The highest BCUT2D eigenvalue weighted by atomic mass is 19.1. The predicted octanol–water partition coefficient (Wildman–Crippen LogP) is 2.62. The van der Waals surface area contributed by atoms with Crippen molar-refractivity contribution in [2.24, 2.45) is 0 Å². The molecule has 136 valence electrons. The van der Waals surface area contributed by atoms with Gasteiger partial charge in [0.1, 0.15) is 5.82 Å². The Hall–Kier alpha value is -2.31. The fourth-order valence-corrected chi connectivity index (χ4v) is 4.27. The van der Waals surface area contributed by atoms with Crippen molar-refractivity contribution in [3.63, 3.8) is 0 Å². The number of hydrogen-bond acceptors (Lipinski definition) is 4. The number of likely N-dealkylation sites (tertiary alicyclic amines) is 1. The van der Waals surface area contributed by atoms with Gasteiger partial charge < -0.3 is 9.64 Å². The van der Waals surface area contributed by atoms with E-state index in [4.69, 9.17) is 4.74 Å². The molecule has 1 spiro atoms. The van der Waals surface area contributed by atoms with Crippen LogP contribution >= 0.6 is 0 Å². The highest BCUT2D eigenvalue weighted by molar-refractivity contribution is 6.06. The Balaban J connectivity index is 1.52. The number of anilines is 1. The van der Waals surface area contributed by atoms with Crippen molar-refractivity contribution in [1.82, 2.24) is 9.88 Å². The van der Waals surface area contributed by atoms with E-state index < -0.39 is 6.10 Å². The average molecular weight is 355 g/mol. The second-order valence-electron chi connectivity index (χ2n) is 7.00. The molecule has 2 aliphatic heterocycles. The Morgan fingerprint density at radius 2 is 1.96 bits per heavy atom. The molecule has 2 fully saturated rings. The third-order valence-corrected chi connectivity index (χ3v) is 5.56. The maximum Gasteiger partial charge on any atom is 0.259 e. The topological polar surface area (TPSA) is 45.7 Å². The zero-order valence-electron chi connectivity index (χ0n) is 14.8. The molecule has 1 unspecified atom stereocenters. The van der Waals surface area contributed by atoms with Gasteiger partial charge in [-0.1, -0.05) is 6.07 Å². The molecule has 1 atom stereocenters. The van der Waals surface area contributed by atoms with Crippen LogP contribution in [0.15, 0.2) is 48.8 Å². The summed E-state index contributed by atoms with van der Waals surface area (Å²) in [5.74, 6) is -0.415. The molecule has 1 aromatic heterocycles. The van der Waals surface area contributed by atoms with Gasteiger partial charge in [0, 0.05) is 44.8 Å². The van der Waals surface area contributed by atoms with E-state index in [0.29, 0.717) is 5.69 Å². The first-order chi connectivity index (χ1) is 12.6. The maximum atomic E-state index is 13.7. The fraction of sp³-hybridized carbons (Fsp3) is 0.400. The summed E-state index contributed by atoms with van der Waals surface area (Å²) in [7, 11) is 1.58. The van der Waals surface area contributed by atoms with Crippen LogP contribution < -0.4 is 4.90 Å². The van der Waals surface area contributed by atoms with Crippen LogP contribution in [0.25, 0.3) is 0 Å². The lowest BCUT2D eigenvalue weighted by atomic mass is 9.72. The smallest absolute Gasteiger partial charge is 0.259 e. The fourth-order valence-electron chi connectivity index (χ4n) is 4.27. The van der Waals surface area contributed by atoms with Gasteiger partial charge in [0.25, 0.3) is 5.91 Å². The van der Waals surface area contributed by atoms with Gasteiger partial charge >= 0.3 is 0 Å². The van der Waals surface area contributed by atoms with Gasteiger partial charge in [0.15, 0.2) is 6.10 Å². The number of aromatic nitrogens is 1. The maximum absolute atomic E-state index is 13.7. The number of rotatable bonds is 4. The van der Waals surface area contributed by atoms with Gasteiger partial charge in [0.05, 0.1) is 5.54 Å². The lowest BCUT2D eigenvalue weighted by molar-refractivity contribution is -0.151. The van der Waals surface area contributed by atoms with E-state index in [0.717, 1.165) is 32.5 Å². The number of nitrogens with zero attached hydrogens (tertiary/aromatic N) is 3. The van der Waals surface area contributed by atoms with Crippen molar-refractivity contribution >= 4 is 11.6 Å². The number of piperidine rings is 1. The molecule has 6 heteroatoms. The van der Waals surface area contributed by atoms with Gasteiger partial charge in [-0.2, -0.15) is 0 Å². The summed E-state index contributed by atoms with van der Waals surface area (Å²) >= 11 is 0. The first-order valence-electron chi connectivity index (χ1n) is 8.88. The molecule has 26 heavy (non-hydrogen) atoms. The van der Waals surface area contributed by atoms with E-state index in [-0.39, 0.29) is 17.3 Å². The number of carbonyl (C=O) groups excluding carboxylic acids is 1. The highest BCUT2D eigenvalue weighted by Gasteiger charge is 2.61. The first-order valence-corrected chi connectivity index (χ1v) is 8.88. The largest absolute Gasteiger partial charge is 0.369 e. The number of hydrogen-bond donors (Lipinski definition) is 0. The number of amides is 1. The summed E-state index contributed by atoms with van der Waals surface area (Å²) in [6.07, 6.45) is 4.77. The van der Waals surface area contributed by atoms with Crippen LogP contribution in [0.2, 0.25) is 0 Å². The highest BCUT2D eigenvalue weighted by Crippen LogP contribution is 2.45. The SMILES string of the molecule is COC1C(=O)N(c2cccc(F)c2)C12CCN(Cc1ccncc1)CC2. The third kappa shape index (κ3) is 2.79. The standard InChI is InChI=1S/C20H22FN3O2/c1-26-18-19(25)24(17-4-2-3-16(21)13-17)20(18)7-11-23(12-8-20)14-15-5-9-22-10-6-15/h2-6,9-10,13,18H,7-8,11-12,14H2,1H3. The Kier molecular flexibility index (Phi) is 4.46. The first kappa shape index (κ1) is 17.1. The Labute approximate surface area is 152 Å². The molecule has 0 N–H and O–H groups in total. The van der Waals surface area contributed by atoms with E-state index in [1.54, 1.807) is 36.5 Å². The van der Waals surface area contributed by atoms with Crippen molar-refractivity contribution in [3.05, 3.63) is 60.2 Å². The summed E-state index contributed by atoms with van der Waals surface area (Å²) in [6.45, 7) is 2.59. The van der Waals surface area contributed by atoms with Gasteiger partial charge in [-0.05, 0) is 48.7 Å². The molecule has 1 aromatic carbocycles. The second kappa shape index (κ2) is 6.78. The molecule has 3 heterocycles. The van der Waals surface area contributed by atoms with Crippen molar-refractivity contribution < 1.29 is 13.9 Å². The number of carbonyl (C=O) groups is 1. The number of halogens is 1. The van der Waals surface area contributed by atoms with Crippen LogP contribution in [0.5, 0.6) is 0 Å². The minimum Gasteiger partial charge on any atom is -0.369 e. The van der Waals surface area contributed by atoms with Crippen molar-refractivity contribution in [1.29, 1.82) is 0 Å². The molecule has 4 rings (SSSR count). The monoisotopic (exact) mass is 355 g/mol. The summed E-state index contributed by atoms with van der Waals surface area (Å²) in [5.41, 5.74) is 1.46. The number of benzene rings is 1. The van der Waals surface area contributed by atoms with E-state index >= 15 is 0 Å². The van der Waals surface area contributed by atoms with Crippen molar-refractivity contribution in [3.8, 4) is 0 Å². The molecule has 0 saturated carbocycles. The van der Waals surface area contributed by atoms with Crippen molar-refractivity contribution in [2.45, 2.75) is 31.0 Å². The van der Waals surface area contributed by atoms with Crippen LogP contribution in [-0.4, -0.2) is 47.6 Å². The molecule has 0 aliphatic carbocycles. The van der Waals surface area contributed by atoms with E-state index in [1.165, 1.54) is 17.7 Å². The number of pyridine rings is 1. The average Bonchev–Trinajstić information content (AvgIpc) is 2.65. The summed E-state index contributed by atoms with van der Waals surface area (Å²) < 4.78 is 19.2. The van der Waals surface area contributed by atoms with Gasteiger partial charge in [0.2, 0.25) is 0 Å². The molecule has 2 aliphatic rings. The predicted molar refractivity (Wildman–Crippen MR) is 96.2 cm³/mol. The molecule has 2 aromatic rings. The summed E-state index contributed by atoms with van der Waals surface area (Å²) in [5, 5.41) is 0. The van der Waals surface area contributed by atoms with Gasteiger partial charge in [-0.25, -0.2) is 4.39 Å². The summed E-state index contributed by atoms with van der Waals surface area (Å²) in [4.78, 5) is 20.8. The number of β-lactam (4-membered cyclic amide) rings is 1. The molecule has 0 radical (unpaired) electrons. The molecular weight excluding hydrogens is 333 g/mol. The normalized spacial score (nSPS) is 22.5. The molecule has 2 saturated heterocycles. The Bertz CT molecular complexity index is 791. The van der Waals surface area contributed by atoms with Crippen molar-refractivity contribution in [2.75, 3.05) is 25.1 Å². The number of ether oxygens (including phenoxy) is 1. The molecule has 1 amide bonds. The zero-order valence-corrected chi connectivity index (χ0v) is 14.8. The Morgan fingerprint density at radius 1 is 1.23 bits per heavy atom. The van der Waals surface area contributed by atoms with Gasteiger partial charge in [-0.15, -0.1) is 0 Å². The molecule has 0 bridgehead atoms. The van der Waals surface area contributed by atoms with Crippen LogP contribution in [0, 0.1) is 5.82 Å². The minimum absolute atomic E-state index is 0.0827. The Morgan fingerprint density at radius 3 is 2.62 bits per heavy atom. The second-order valence-corrected chi connectivity index (χ2v) is 7.00. The lowest BCUT2D eigenvalue weighted by Gasteiger charge is -2.59. The van der Waals surface area contributed by atoms with Gasteiger partial charge in [-0.3, -0.25) is 14.7 Å². The van der Waals surface area contributed by atoms with Crippen LogP contribution in [-0.2, 0) is 16.1 Å². The van der Waals surface area contributed by atoms with E-state index in [1.807, 2.05) is 12.1 Å². The summed E-state index contributed by atoms with van der Waals surface area (Å²) in [6, 6.07) is 10.3. The lowest BCUT2D eigenvalue weighted by Crippen LogP contribution is -2.77. The number of methoxy groups -OCH3 is 1. The van der Waals surface area contributed by atoms with E-state index in [2.05, 4.69) is 9.88 Å². The van der Waals surface area contributed by atoms with Crippen LogP contribution in [0.1, 0.15) is 18.4 Å². The van der Waals surface area contributed by atoms with Crippen LogP contribution in [0.4, 0.5) is 10.1 Å². The quantitative estimate of drug-likeness (QED) is 0.791. The van der Waals surface area contributed by atoms with Crippen LogP contribution in [0.3, 0.4) is 0 Å². The van der Waals surface area contributed by atoms with E-state index in [9.17, 15) is 9.18 Å². The molecular formula is C20H22FN3O2. The minimum atomic E-state index is -0.450.